The molecule has 0 atom stereocenters. The second-order valence-corrected chi connectivity index (χ2v) is 9.01. The van der Waals surface area contributed by atoms with E-state index in [0.717, 1.165) is 32.8 Å². The number of fused-ring (bicyclic) bond motifs is 2. The summed E-state index contributed by atoms with van der Waals surface area (Å²) in [5, 5.41) is 1.57. The summed E-state index contributed by atoms with van der Waals surface area (Å²) >= 11 is 3.00. The monoisotopic (exact) mass is 455 g/mol. The van der Waals surface area contributed by atoms with Crippen LogP contribution in [0.25, 0.3) is 0 Å². The Morgan fingerprint density at radius 2 is 1.90 bits per heavy atom. The number of anilines is 1. The number of methoxy groups -OCH3 is 1. The van der Waals surface area contributed by atoms with Crippen LogP contribution in [0, 0.1) is 0 Å². The van der Waals surface area contributed by atoms with Crippen molar-refractivity contribution in [1.29, 1.82) is 0 Å². The van der Waals surface area contributed by atoms with Crippen molar-refractivity contribution < 1.29 is 19.0 Å². The van der Waals surface area contributed by atoms with E-state index < -0.39 is 0 Å². The Kier molecular flexibility index (Phi) is 5.23. The largest absolute Gasteiger partial charge is 0.497 e. The van der Waals surface area contributed by atoms with E-state index >= 15 is 0 Å². The Hall–Kier alpha value is -2.78. The fourth-order valence-corrected chi connectivity index (χ4v) is 5.95. The molecule has 1 amide bonds. The Morgan fingerprint density at radius 1 is 1.10 bits per heavy atom. The van der Waals surface area contributed by atoms with Crippen LogP contribution in [0.4, 0.5) is 11.4 Å². The van der Waals surface area contributed by atoms with Crippen molar-refractivity contribution in [3.8, 4) is 17.2 Å². The lowest BCUT2D eigenvalue weighted by Crippen LogP contribution is -2.29. The van der Waals surface area contributed by atoms with Crippen molar-refractivity contribution in [3.63, 3.8) is 0 Å². The van der Waals surface area contributed by atoms with Crippen LogP contribution in [0.5, 0.6) is 17.2 Å². The molecule has 0 aliphatic carbocycles. The minimum atomic E-state index is -0.0297. The highest BCUT2D eigenvalue weighted by Gasteiger charge is 2.38. The predicted molar refractivity (Wildman–Crippen MR) is 124 cm³/mol. The van der Waals surface area contributed by atoms with Gasteiger partial charge in [0.2, 0.25) is 0 Å². The topological polar surface area (TPSA) is 63.6 Å². The lowest BCUT2D eigenvalue weighted by molar-refractivity contribution is -0.122. The summed E-state index contributed by atoms with van der Waals surface area (Å²) in [7, 11) is 3.62. The lowest BCUT2D eigenvalue weighted by atomic mass is 10.2. The number of nitrogens with zero attached hydrogens (tertiary/aromatic N) is 3. The molecule has 3 aliphatic rings. The third-order valence-electron chi connectivity index (χ3n) is 5.16. The van der Waals surface area contributed by atoms with Gasteiger partial charge in [0.15, 0.2) is 16.7 Å². The van der Waals surface area contributed by atoms with Crippen LogP contribution in [-0.2, 0) is 4.79 Å². The number of amidine groups is 1. The molecule has 3 heterocycles. The maximum Gasteiger partial charge on any atom is 0.269 e. The molecular weight excluding hydrogens is 434 g/mol. The van der Waals surface area contributed by atoms with Crippen molar-refractivity contribution in [3.05, 3.63) is 46.3 Å². The average molecular weight is 456 g/mol. The second kappa shape index (κ2) is 8.05. The number of rotatable bonds is 3. The molecule has 160 valence electrons. The zero-order valence-corrected chi connectivity index (χ0v) is 19.0. The molecule has 5 rings (SSSR count). The van der Waals surface area contributed by atoms with Crippen LogP contribution in [0.2, 0.25) is 0 Å². The van der Waals surface area contributed by atoms with Gasteiger partial charge in [0.25, 0.3) is 5.91 Å². The molecule has 2 aromatic rings. The Labute approximate surface area is 189 Å². The molecule has 0 N–H and O–H groups in total. The Morgan fingerprint density at radius 3 is 2.68 bits per heavy atom. The van der Waals surface area contributed by atoms with Gasteiger partial charge < -0.3 is 19.1 Å². The van der Waals surface area contributed by atoms with Crippen molar-refractivity contribution in [2.45, 2.75) is 11.8 Å². The van der Waals surface area contributed by atoms with Gasteiger partial charge in [0.05, 0.1) is 23.5 Å². The molecule has 0 bridgehead atoms. The first-order valence-corrected chi connectivity index (χ1v) is 11.5. The summed E-state index contributed by atoms with van der Waals surface area (Å²) in [5.74, 6) is 2.16. The van der Waals surface area contributed by atoms with Crippen LogP contribution < -0.4 is 19.1 Å². The smallest absolute Gasteiger partial charge is 0.269 e. The van der Waals surface area contributed by atoms with Gasteiger partial charge in [0.1, 0.15) is 23.9 Å². The van der Waals surface area contributed by atoms with Crippen molar-refractivity contribution in [1.82, 2.24) is 4.90 Å². The first-order valence-electron chi connectivity index (χ1n) is 9.91. The van der Waals surface area contributed by atoms with Crippen LogP contribution >= 0.6 is 23.5 Å². The summed E-state index contributed by atoms with van der Waals surface area (Å²) in [4.78, 5) is 23.5. The molecule has 0 saturated carbocycles. The van der Waals surface area contributed by atoms with E-state index in [1.807, 2.05) is 55.3 Å². The molecule has 3 aliphatic heterocycles. The van der Waals surface area contributed by atoms with Crippen LogP contribution in [-0.4, -0.2) is 49.9 Å². The number of hydrogen-bond donors (Lipinski definition) is 0. The minimum Gasteiger partial charge on any atom is -0.497 e. The Balaban J connectivity index is 1.49. The van der Waals surface area contributed by atoms with Crippen molar-refractivity contribution in [2.75, 3.05) is 38.8 Å². The van der Waals surface area contributed by atoms with Crippen LogP contribution in [0.15, 0.2) is 56.2 Å². The van der Waals surface area contributed by atoms with Gasteiger partial charge in [-0.25, -0.2) is 4.99 Å². The number of benzene rings is 2. The van der Waals surface area contributed by atoms with Crippen molar-refractivity contribution >= 4 is 46.0 Å². The molecule has 0 radical (unpaired) electrons. The van der Waals surface area contributed by atoms with E-state index in [2.05, 4.69) is 0 Å². The van der Waals surface area contributed by atoms with Gasteiger partial charge in [-0.3, -0.25) is 9.69 Å². The predicted octanol–water partition coefficient (Wildman–Crippen LogP) is 4.46. The van der Waals surface area contributed by atoms with Crippen LogP contribution in [0.3, 0.4) is 0 Å². The van der Waals surface area contributed by atoms with Gasteiger partial charge in [-0.15, -0.1) is 0 Å². The van der Waals surface area contributed by atoms with Crippen LogP contribution in [0.1, 0.15) is 6.92 Å². The third kappa shape index (κ3) is 3.51. The number of amides is 1. The summed E-state index contributed by atoms with van der Waals surface area (Å²) in [6.45, 7) is 3.56. The highest BCUT2D eigenvalue weighted by atomic mass is 32.2. The van der Waals surface area contributed by atoms with Gasteiger partial charge in [0, 0.05) is 30.6 Å². The highest BCUT2D eigenvalue weighted by Crippen LogP contribution is 2.51. The lowest BCUT2D eigenvalue weighted by Gasteiger charge is -2.18. The fourth-order valence-electron chi connectivity index (χ4n) is 3.56. The molecule has 0 spiro atoms. The number of hydrogen-bond acceptors (Lipinski definition) is 8. The molecule has 31 heavy (non-hydrogen) atoms. The summed E-state index contributed by atoms with van der Waals surface area (Å²) in [6.07, 6.45) is 0. The molecule has 9 heteroatoms. The number of aliphatic imine (C=N–C) groups is 1. The zero-order chi connectivity index (χ0) is 21.5. The molecule has 2 aromatic carbocycles. The normalized spacial score (nSPS) is 21.1. The number of ether oxygens (including phenoxy) is 3. The van der Waals surface area contributed by atoms with E-state index in [9.17, 15) is 4.79 Å². The third-order valence-corrected chi connectivity index (χ3v) is 7.60. The summed E-state index contributed by atoms with van der Waals surface area (Å²) in [6, 6.07) is 11.5. The van der Waals surface area contributed by atoms with Gasteiger partial charge >= 0.3 is 0 Å². The number of thioether (sulfide) groups is 2. The fraction of sp³-hybridized carbons (Fsp3) is 0.273. The van der Waals surface area contributed by atoms with E-state index in [1.165, 1.54) is 11.8 Å². The zero-order valence-electron chi connectivity index (χ0n) is 17.4. The average Bonchev–Trinajstić information content (AvgIpc) is 3.29. The van der Waals surface area contributed by atoms with E-state index in [4.69, 9.17) is 19.2 Å². The summed E-state index contributed by atoms with van der Waals surface area (Å²) in [5.41, 5.74) is 1.75. The molecule has 7 nitrogen and oxygen atoms in total. The maximum atomic E-state index is 13.2. The van der Waals surface area contributed by atoms with Crippen molar-refractivity contribution in [2.24, 2.45) is 4.99 Å². The van der Waals surface area contributed by atoms with E-state index in [-0.39, 0.29) is 5.91 Å². The maximum absolute atomic E-state index is 13.2. The number of carbonyl (C=O) groups is 1. The minimum absolute atomic E-state index is 0.0297. The van der Waals surface area contributed by atoms with Gasteiger partial charge in [-0.2, -0.15) is 0 Å². The second-order valence-electron chi connectivity index (χ2n) is 7.00. The SMILES string of the molecule is CCN1C(=O)/C(=C2/Sc3ccc(OC)cc3N2C)SC1=Nc1ccc2c(c1)OCCO2. The first-order chi connectivity index (χ1) is 15.1. The molecular formula is C22H21N3O4S2. The summed E-state index contributed by atoms with van der Waals surface area (Å²) < 4.78 is 16.6. The first kappa shape index (κ1) is 20.1. The molecule has 1 fully saturated rings. The molecule has 0 unspecified atom stereocenters. The standard InChI is InChI=1S/C22H21N3O4S2/c1-4-25-20(26)19(21-24(2)15-12-14(27-3)6-8-18(15)30-21)31-22(25)23-13-5-7-16-17(11-13)29-10-9-28-16/h5-8,11-12H,4,9-10H2,1-3H3/b21-19-,23-22?. The molecule has 1 saturated heterocycles. The quantitative estimate of drug-likeness (QED) is 0.633. The van der Waals surface area contributed by atoms with Gasteiger partial charge in [-0.05, 0) is 43.0 Å². The highest BCUT2D eigenvalue weighted by molar-refractivity contribution is 8.19. The number of carbonyl (C=O) groups excluding carboxylic acids is 1. The molecule has 0 aromatic heterocycles. The number of likely N-dealkylation sites (N-methyl/N-ethyl adjacent to an activating group) is 1. The van der Waals surface area contributed by atoms with Gasteiger partial charge in [-0.1, -0.05) is 11.8 Å². The Bertz CT molecular complexity index is 1130. The van der Waals surface area contributed by atoms with E-state index in [1.54, 1.807) is 23.8 Å². The van der Waals surface area contributed by atoms with E-state index in [0.29, 0.717) is 35.6 Å².